The van der Waals surface area contributed by atoms with Crippen molar-refractivity contribution in [2.45, 2.75) is 39.8 Å². The maximum Gasteiger partial charge on any atom is 0.0868 e. The van der Waals surface area contributed by atoms with Gasteiger partial charge in [-0.2, -0.15) is 5.10 Å². The van der Waals surface area contributed by atoms with Crippen molar-refractivity contribution in [3.8, 4) is 0 Å². The molecular weight excluding hydrogens is 358 g/mol. The maximum absolute atomic E-state index is 6.47. The van der Waals surface area contributed by atoms with Crippen LogP contribution in [0, 0.1) is 6.92 Å². The maximum atomic E-state index is 6.47. The summed E-state index contributed by atoms with van der Waals surface area (Å²) in [5.74, 6) is 0. The Morgan fingerprint density at radius 1 is 1.50 bits per heavy atom. The van der Waals surface area contributed by atoms with E-state index in [0.29, 0.717) is 0 Å². The first-order valence-electron chi connectivity index (χ1n) is 6.78. The molecular formula is C14H19BrClN3S. The molecule has 0 saturated heterocycles. The minimum Gasteiger partial charge on any atom is -0.304 e. The van der Waals surface area contributed by atoms with Crippen LogP contribution in [0.1, 0.15) is 42.4 Å². The largest absolute Gasteiger partial charge is 0.304 e. The molecule has 110 valence electrons. The van der Waals surface area contributed by atoms with Crippen LogP contribution in [0.15, 0.2) is 16.0 Å². The molecule has 1 N–H and O–H groups in total. The molecule has 2 rings (SSSR count). The topological polar surface area (TPSA) is 29.9 Å². The number of halogens is 2. The summed E-state index contributed by atoms with van der Waals surface area (Å²) in [6.07, 6.45) is 2.93. The molecule has 0 aliphatic rings. The average Bonchev–Trinajstić information content (AvgIpc) is 2.97. The van der Waals surface area contributed by atoms with Crippen LogP contribution in [0.25, 0.3) is 0 Å². The summed E-state index contributed by atoms with van der Waals surface area (Å²) in [7, 11) is 0. The highest BCUT2D eigenvalue weighted by Gasteiger charge is 2.25. The summed E-state index contributed by atoms with van der Waals surface area (Å²) >= 11 is 11.8. The third-order valence-corrected chi connectivity index (χ3v) is 5.58. The monoisotopic (exact) mass is 375 g/mol. The van der Waals surface area contributed by atoms with Crippen molar-refractivity contribution in [3.05, 3.63) is 37.2 Å². The summed E-state index contributed by atoms with van der Waals surface area (Å²) < 4.78 is 3.04. The smallest absolute Gasteiger partial charge is 0.0868 e. The Morgan fingerprint density at radius 3 is 2.80 bits per heavy atom. The van der Waals surface area contributed by atoms with Gasteiger partial charge in [0.05, 0.1) is 27.4 Å². The van der Waals surface area contributed by atoms with Crippen molar-refractivity contribution < 1.29 is 0 Å². The molecule has 2 aromatic rings. The van der Waals surface area contributed by atoms with Gasteiger partial charge in [0.15, 0.2) is 0 Å². The van der Waals surface area contributed by atoms with Crippen LogP contribution in [0.2, 0.25) is 5.02 Å². The van der Waals surface area contributed by atoms with Crippen molar-refractivity contribution in [3.63, 3.8) is 0 Å². The Labute approximate surface area is 137 Å². The van der Waals surface area contributed by atoms with E-state index in [1.165, 1.54) is 0 Å². The summed E-state index contributed by atoms with van der Waals surface area (Å²) in [4.78, 5) is 1.16. The van der Waals surface area contributed by atoms with Crippen LogP contribution in [-0.2, 0) is 6.54 Å². The number of aryl methyl sites for hydroxylation is 2. The van der Waals surface area contributed by atoms with E-state index in [2.05, 4.69) is 45.6 Å². The van der Waals surface area contributed by atoms with Gasteiger partial charge in [0.25, 0.3) is 0 Å². The summed E-state index contributed by atoms with van der Waals surface area (Å²) in [5, 5.41) is 11.0. The predicted octanol–water partition coefficient (Wildman–Crippen LogP) is 4.78. The molecule has 0 radical (unpaired) electrons. The molecule has 6 heteroatoms. The first kappa shape index (κ1) is 16.0. The highest BCUT2D eigenvalue weighted by atomic mass is 79.9. The van der Waals surface area contributed by atoms with Crippen molar-refractivity contribution in [1.29, 1.82) is 0 Å². The third kappa shape index (κ3) is 3.11. The third-order valence-electron chi connectivity index (χ3n) is 3.19. The Bertz CT molecular complexity index is 579. The molecule has 0 spiro atoms. The summed E-state index contributed by atoms with van der Waals surface area (Å²) in [6.45, 7) is 8.09. The molecule has 0 amide bonds. The van der Waals surface area contributed by atoms with Gasteiger partial charge in [0, 0.05) is 11.4 Å². The Balaban J connectivity index is 2.47. The average molecular weight is 377 g/mol. The standard InChI is InChI=1S/C14H19BrClN3S/c1-4-6-17-12(14-11(16)9(3)8-20-14)13-10(15)7-18-19(13)5-2/h7-8,12,17H,4-6H2,1-3H3. The van der Waals surface area contributed by atoms with Gasteiger partial charge in [-0.05, 0) is 53.7 Å². The minimum absolute atomic E-state index is 0.0815. The second kappa shape index (κ2) is 7.07. The van der Waals surface area contributed by atoms with E-state index >= 15 is 0 Å². The highest BCUT2D eigenvalue weighted by Crippen LogP contribution is 2.38. The van der Waals surface area contributed by atoms with Gasteiger partial charge in [0.1, 0.15) is 0 Å². The van der Waals surface area contributed by atoms with Gasteiger partial charge in [-0.15, -0.1) is 11.3 Å². The van der Waals surface area contributed by atoms with Crippen molar-refractivity contribution >= 4 is 38.9 Å². The van der Waals surface area contributed by atoms with Crippen LogP contribution in [0.3, 0.4) is 0 Å². The molecule has 0 saturated carbocycles. The van der Waals surface area contributed by atoms with Crippen molar-refractivity contribution in [1.82, 2.24) is 15.1 Å². The van der Waals surface area contributed by atoms with E-state index in [4.69, 9.17) is 11.6 Å². The first-order valence-corrected chi connectivity index (χ1v) is 8.83. The molecule has 0 fully saturated rings. The number of rotatable bonds is 6. The molecule has 1 unspecified atom stereocenters. The van der Waals surface area contributed by atoms with E-state index < -0.39 is 0 Å². The van der Waals surface area contributed by atoms with Gasteiger partial charge in [-0.3, -0.25) is 4.68 Å². The second-order valence-corrected chi connectivity index (χ2v) is 6.82. The van der Waals surface area contributed by atoms with E-state index in [-0.39, 0.29) is 6.04 Å². The van der Waals surface area contributed by atoms with Gasteiger partial charge in [-0.1, -0.05) is 18.5 Å². The van der Waals surface area contributed by atoms with Crippen LogP contribution in [0.5, 0.6) is 0 Å². The normalized spacial score (nSPS) is 12.8. The molecule has 3 nitrogen and oxygen atoms in total. The lowest BCUT2D eigenvalue weighted by Crippen LogP contribution is -2.25. The molecule has 1 atom stereocenters. The lowest BCUT2D eigenvalue weighted by atomic mass is 10.1. The summed E-state index contributed by atoms with van der Waals surface area (Å²) in [6, 6.07) is 0.0815. The van der Waals surface area contributed by atoms with E-state index in [0.717, 1.165) is 45.1 Å². The number of nitrogens with one attached hydrogen (secondary N) is 1. The van der Waals surface area contributed by atoms with Gasteiger partial charge < -0.3 is 5.32 Å². The zero-order valence-corrected chi connectivity index (χ0v) is 15.1. The van der Waals surface area contributed by atoms with E-state index in [1.807, 2.05) is 17.8 Å². The molecule has 0 aliphatic carbocycles. The molecule has 0 bridgehead atoms. The number of hydrogen-bond acceptors (Lipinski definition) is 3. The summed E-state index contributed by atoms with van der Waals surface area (Å²) in [5.41, 5.74) is 2.28. The van der Waals surface area contributed by atoms with Crippen molar-refractivity contribution in [2.75, 3.05) is 6.54 Å². The molecule has 2 heterocycles. The fraction of sp³-hybridized carbons (Fsp3) is 0.500. The lowest BCUT2D eigenvalue weighted by Gasteiger charge is -2.20. The van der Waals surface area contributed by atoms with E-state index in [1.54, 1.807) is 11.3 Å². The Kier molecular flexibility index (Phi) is 5.66. The molecule has 2 aromatic heterocycles. The molecule has 0 aliphatic heterocycles. The fourth-order valence-corrected chi connectivity index (χ4v) is 4.06. The molecule has 0 aromatic carbocycles. The van der Waals surface area contributed by atoms with Crippen LogP contribution < -0.4 is 5.32 Å². The quantitative estimate of drug-likeness (QED) is 0.786. The SMILES string of the molecule is CCCNC(c1scc(C)c1Cl)c1c(Br)cnn1CC. The fourth-order valence-electron chi connectivity index (χ4n) is 2.16. The number of hydrogen-bond donors (Lipinski definition) is 1. The van der Waals surface area contributed by atoms with Crippen LogP contribution >= 0.6 is 38.9 Å². The van der Waals surface area contributed by atoms with Gasteiger partial charge >= 0.3 is 0 Å². The predicted molar refractivity (Wildman–Crippen MR) is 89.8 cm³/mol. The highest BCUT2D eigenvalue weighted by molar-refractivity contribution is 9.10. The molecule has 20 heavy (non-hydrogen) atoms. The van der Waals surface area contributed by atoms with Gasteiger partial charge in [-0.25, -0.2) is 0 Å². The van der Waals surface area contributed by atoms with E-state index in [9.17, 15) is 0 Å². The Hall–Kier alpha value is -0.360. The zero-order chi connectivity index (χ0) is 14.7. The van der Waals surface area contributed by atoms with Gasteiger partial charge in [0.2, 0.25) is 0 Å². The number of thiophene rings is 1. The van der Waals surface area contributed by atoms with Crippen LogP contribution in [0.4, 0.5) is 0 Å². The van der Waals surface area contributed by atoms with Crippen molar-refractivity contribution in [2.24, 2.45) is 0 Å². The number of nitrogens with zero attached hydrogens (tertiary/aromatic N) is 2. The lowest BCUT2D eigenvalue weighted by molar-refractivity contribution is 0.533. The first-order chi connectivity index (χ1) is 9.60. The zero-order valence-electron chi connectivity index (χ0n) is 11.9. The Morgan fingerprint density at radius 2 is 2.25 bits per heavy atom. The number of aromatic nitrogens is 2. The van der Waals surface area contributed by atoms with Crippen LogP contribution in [-0.4, -0.2) is 16.3 Å². The second-order valence-electron chi connectivity index (χ2n) is 4.68. The minimum atomic E-state index is 0.0815.